The number of carbonyl (C=O) groups excluding carboxylic acids is 4. The summed E-state index contributed by atoms with van der Waals surface area (Å²) < 4.78 is 5.69. The van der Waals surface area contributed by atoms with Crippen LogP contribution < -0.4 is 16.0 Å². The van der Waals surface area contributed by atoms with Gasteiger partial charge in [0.25, 0.3) is 5.91 Å². The van der Waals surface area contributed by atoms with Gasteiger partial charge in [0.1, 0.15) is 11.6 Å². The van der Waals surface area contributed by atoms with Gasteiger partial charge >= 0.3 is 6.03 Å². The zero-order chi connectivity index (χ0) is 24.0. The molecule has 34 heavy (non-hydrogen) atoms. The van der Waals surface area contributed by atoms with Crippen molar-refractivity contribution in [2.24, 2.45) is 0 Å². The van der Waals surface area contributed by atoms with Gasteiger partial charge in [0, 0.05) is 35.8 Å². The van der Waals surface area contributed by atoms with Crippen LogP contribution >= 0.6 is 0 Å². The van der Waals surface area contributed by atoms with Gasteiger partial charge in [0.15, 0.2) is 11.5 Å². The lowest BCUT2D eigenvalue weighted by molar-refractivity contribution is -0.136. The summed E-state index contributed by atoms with van der Waals surface area (Å²) in [5.41, 5.74) is 3.57. The minimum Gasteiger partial charge on any atom is -0.440 e. The lowest BCUT2D eigenvalue weighted by Gasteiger charge is -2.29. The molecule has 10 nitrogen and oxygen atoms in total. The Balaban J connectivity index is 1.26. The summed E-state index contributed by atoms with van der Waals surface area (Å²) in [6.45, 7) is 4.22. The Morgan fingerprint density at radius 1 is 1.12 bits per heavy atom. The van der Waals surface area contributed by atoms with E-state index in [4.69, 9.17) is 4.42 Å². The first-order valence-corrected chi connectivity index (χ1v) is 11.0. The molecule has 1 saturated heterocycles. The highest BCUT2D eigenvalue weighted by Gasteiger charge is 2.39. The van der Waals surface area contributed by atoms with Crippen LogP contribution in [0.25, 0.3) is 11.1 Å². The summed E-state index contributed by atoms with van der Waals surface area (Å²) in [5, 5.41) is 7.83. The van der Waals surface area contributed by atoms with Gasteiger partial charge in [-0.15, -0.1) is 0 Å². The third kappa shape index (κ3) is 3.98. The lowest BCUT2D eigenvalue weighted by atomic mass is 10.0. The molecule has 0 radical (unpaired) electrons. The van der Waals surface area contributed by atoms with Crippen LogP contribution in [-0.2, 0) is 16.1 Å². The van der Waals surface area contributed by atoms with Crippen molar-refractivity contribution in [3.63, 3.8) is 0 Å². The van der Waals surface area contributed by atoms with Crippen molar-refractivity contribution < 1.29 is 23.6 Å². The minimum atomic E-state index is -0.681. The second-order valence-corrected chi connectivity index (χ2v) is 8.74. The average Bonchev–Trinajstić information content (AvgIpc) is 3.35. The highest BCUT2D eigenvalue weighted by molar-refractivity contribution is 6.06. The van der Waals surface area contributed by atoms with Crippen molar-refractivity contribution >= 4 is 46.2 Å². The molecule has 1 unspecified atom stereocenters. The maximum Gasteiger partial charge on any atom is 0.323 e. The van der Waals surface area contributed by atoms with Crippen molar-refractivity contribution in [1.82, 2.24) is 15.2 Å². The smallest absolute Gasteiger partial charge is 0.323 e. The number of amides is 5. The van der Waals surface area contributed by atoms with Crippen molar-refractivity contribution in [3.05, 3.63) is 53.4 Å². The number of hydrogen-bond acceptors (Lipinski definition) is 6. The summed E-state index contributed by atoms with van der Waals surface area (Å²) >= 11 is 0. The van der Waals surface area contributed by atoms with Crippen molar-refractivity contribution in [2.45, 2.75) is 45.2 Å². The maximum atomic E-state index is 12.8. The fourth-order valence-corrected chi connectivity index (χ4v) is 4.22. The highest BCUT2D eigenvalue weighted by atomic mass is 16.3. The number of hydrogen-bond donors (Lipinski definition) is 3. The Bertz CT molecular complexity index is 1340. The average molecular weight is 461 g/mol. The number of nitrogens with one attached hydrogen (secondary N) is 3. The van der Waals surface area contributed by atoms with E-state index in [2.05, 4.69) is 20.9 Å². The quantitative estimate of drug-likeness (QED) is 0.510. The van der Waals surface area contributed by atoms with Crippen molar-refractivity contribution in [2.75, 3.05) is 10.6 Å². The number of oxazole rings is 1. The first-order valence-electron chi connectivity index (χ1n) is 11.0. The molecule has 2 aliphatic heterocycles. The van der Waals surface area contributed by atoms with E-state index in [0.717, 1.165) is 0 Å². The number of imide groups is 1. The van der Waals surface area contributed by atoms with E-state index in [1.807, 2.05) is 13.8 Å². The Morgan fingerprint density at radius 2 is 1.85 bits per heavy atom. The SMILES string of the molecule is CC(C)c1nc2cc(NC(=O)Nc3ccc4c(c3)CN(C3CCC(=O)NC3=O)C4=O)ccc2o1. The predicted molar refractivity (Wildman–Crippen MR) is 123 cm³/mol. The van der Waals surface area contributed by atoms with Crippen LogP contribution in [0, 0.1) is 0 Å². The minimum absolute atomic E-state index is 0.157. The number of rotatable bonds is 4. The molecule has 0 bridgehead atoms. The first kappa shape index (κ1) is 21.6. The molecule has 5 rings (SSSR count). The van der Waals surface area contributed by atoms with Crippen molar-refractivity contribution in [1.29, 1.82) is 0 Å². The van der Waals surface area contributed by atoms with Gasteiger partial charge in [0.2, 0.25) is 11.8 Å². The molecule has 0 aliphatic carbocycles. The molecule has 3 heterocycles. The van der Waals surface area contributed by atoms with Crippen LogP contribution in [0.1, 0.15) is 54.4 Å². The zero-order valence-electron chi connectivity index (χ0n) is 18.7. The fourth-order valence-electron chi connectivity index (χ4n) is 4.22. The molecule has 0 spiro atoms. The number of anilines is 2. The van der Waals surface area contributed by atoms with Crippen LogP contribution in [0.15, 0.2) is 40.8 Å². The van der Waals surface area contributed by atoms with Crippen LogP contribution in [0.5, 0.6) is 0 Å². The van der Waals surface area contributed by atoms with Crippen molar-refractivity contribution in [3.8, 4) is 0 Å². The molecule has 3 aromatic rings. The third-order valence-electron chi connectivity index (χ3n) is 5.94. The number of benzene rings is 2. The lowest BCUT2D eigenvalue weighted by Crippen LogP contribution is -2.52. The molecular weight excluding hydrogens is 438 g/mol. The fraction of sp³-hybridized carbons (Fsp3) is 0.292. The van der Waals surface area contributed by atoms with Gasteiger partial charge in [-0.25, -0.2) is 9.78 Å². The monoisotopic (exact) mass is 461 g/mol. The van der Waals surface area contributed by atoms with E-state index in [-0.39, 0.29) is 30.7 Å². The number of urea groups is 1. The number of carbonyl (C=O) groups is 4. The van der Waals surface area contributed by atoms with Crippen LogP contribution in [-0.4, -0.2) is 39.7 Å². The summed E-state index contributed by atoms with van der Waals surface area (Å²) in [5.74, 6) is -0.256. The van der Waals surface area contributed by atoms with E-state index in [1.165, 1.54) is 4.90 Å². The second-order valence-electron chi connectivity index (χ2n) is 8.74. The second kappa shape index (κ2) is 8.29. The van der Waals surface area contributed by atoms with E-state index >= 15 is 0 Å². The van der Waals surface area contributed by atoms with E-state index in [9.17, 15) is 19.2 Å². The molecule has 2 aromatic carbocycles. The molecule has 1 fully saturated rings. The standard InChI is InChI=1S/C24H23N5O5/c1-12(2)22-27-17-10-15(4-7-19(17)34-22)26-24(33)25-14-3-5-16-13(9-14)11-29(23(16)32)18-6-8-20(30)28-21(18)31/h3-5,7,9-10,12,18H,6,8,11H2,1-2H3,(H2,25,26,33)(H,28,30,31). The predicted octanol–water partition coefficient (Wildman–Crippen LogP) is 3.36. The molecule has 5 amide bonds. The Labute approximate surface area is 194 Å². The van der Waals surface area contributed by atoms with Gasteiger partial charge in [0.05, 0.1) is 0 Å². The van der Waals surface area contributed by atoms with Gasteiger partial charge < -0.3 is 20.0 Å². The van der Waals surface area contributed by atoms with Crippen LogP contribution in [0.4, 0.5) is 16.2 Å². The normalized spacial score (nSPS) is 17.8. The Hall–Kier alpha value is -4.21. The van der Waals surface area contributed by atoms with E-state index in [1.54, 1.807) is 36.4 Å². The molecule has 174 valence electrons. The zero-order valence-corrected chi connectivity index (χ0v) is 18.7. The highest BCUT2D eigenvalue weighted by Crippen LogP contribution is 2.30. The Morgan fingerprint density at radius 3 is 2.59 bits per heavy atom. The molecule has 2 aliphatic rings. The molecule has 1 aromatic heterocycles. The number of fused-ring (bicyclic) bond motifs is 2. The van der Waals surface area contributed by atoms with Crippen LogP contribution in [0.2, 0.25) is 0 Å². The summed E-state index contributed by atoms with van der Waals surface area (Å²) in [6, 6.07) is 9.09. The summed E-state index contributed by atoms with van der Waals surface area (Å²) in [6.07, 6.45) is 0.495. The molecule has 3 N–H and O–H groups in total. The third-order valence-corrected chi connectivity index (χ3v) is 5.94. The van der Waals surface area contributed by atoms with Gasteiger partial charge in [-0.2, -0.15) is 0 Å². The van der Waals surface area contributed by atoms with E-state index in [0.29, 0.717) is 45.9 Å². The van der Waals surface area contributed by atoms with E-state index < -0.39 is 18.0 Å². The summed E-state index contributed by atoms with van der Waals surface area (Å²) in [4.78, 5) is 54.9. The number of nitrogens with zero attached hydrogens (tertiary/aromatic N) is 2. The molecule has 1 atom stereocenters. The van der Waals surface area contributed by atoms with Gasteiger partial charge in [-0.05, 0) is 48.4 Å². The Kier molecular flexibility index (Phi) is 5.27. The first-order chi connectivity index (χ1) is 16.3. The number of piperidine rings is 1. The van der Waals surface area contributed by atoms with Gasteiger partial charge in [-0.1, -0.05) is 13.8 Å². The molecule has 0 saturated carbocycles. The molecular formula is C24H23N5O5. The maximum absolute atomic E-state index is 12.8. The van der Waals surface area contributed by atoms with Gasteiger partial charge in [-0.3, -0.25) is 19.7 Å². The van der Waals surface area contributed by atoms with Crippen LogP contribution in [0.3, 0.4) is 0 Å². The topological polar surface area (TPSA) is 134 Å². The number of aromatic nitrogens is 1. The summed E-state index contributed by atoms with van der Waals surface area (Å²) in [7, 11) is 0. The largest absolute Gasteiger partial charge is 0.440 e. The molecule has 10 heteroatoms.